The van der Waals surface area contributed by atoms with E-state index < -0.39 is 0 Å². The lowest BCUT2D eigenvalue weighted by Crippen LogP contribution is -2.17. The van der Waals surface area contributed by atoms with Gasteiger partial charge in [0.2, 0.25) is 0 Å². The quantitative estimate of drug-likeness (QED) is 0.842. The summed E-state index contributed by atoms with van der Waals surface area (Å²) in [6.07, 6.45) is 3.60. The highest BCUT2D eigenvalue weighted by molar-refractivity contribution is 6.31. The van der Waals surface area contributed by atoms with Crippen molar-refractivity contribution in [1.82, 2.24) is 9.78 Å². The predicted octanol–water partition coefficient (Wildman–Crippen LogP) is 1.89. The molecule has 2 atom stereocenters. The summed E-state index contributed by atoms with van der Waals surface area (Å²) in [6, 6.07) is -0.0809. The summed E-state index contributed by atoms with van der Waals surface area (Å²) in [5.41, 5.74) is 6.93. The Morgan fingerprint density at radius 3 is 2.73 bits per heavy atom. The fourth-order valence-corrected chi connectivity index (χ4v) is 1.81. The van der Waals surface area contributed by atoms with Crippen molar-refractivity contribution in [2.24, 2.45) is 12.8 Å². The fourth-order valence-electron chi connectivity index (χ4n) is 1.51. The third-order valence-corrected chi connectivity index (χ3v) is 2.87. The minimum atomic E-state index is -0.0809. The summed E-state index contributed by atoms with van der Waals surface area (Å²) in [5.74, 6) is 0. The van der Waals surface area contributed by atoms with Crippen molar-refractivity contribution < 1.29 is 4.74 Å². The summed E-state index contributed by atoms with van der Waals surface area (Å²) < 4.78 is 6.89. The number of aromatic nitrogens is 2. The van der Waals surface area contributed by atoms with E-state index in [0.717, 1.165) is 18.5 Å². The molecule has 2 unspecified atom stereocenters. The second-order valence-electron chi connectivity index (χ2n) is 3.73. The van der Waals surface area contributed by atoms with Crippen LogP contribution in [0.25, 0.3) is 0 Å². The molecule has 1 aromatic heterocycles. The minimum absolute atomic E-state index is 0.0809. The van der Waals surface area contributed by atoms with Gasteiger partial charge in [0.25, 0.3) is 0 Å². The molecule has 0 fully saturated rings. The first-order valence-electron chi connectivity index (χ1n) is 5.02. The molecule has 5 heteroatoms. The maximum Gasteiger partial charge on any atom is 0.0833 e. The maximum absolute atomic E-state index is 6.04. The van der Waals surface area contributed by atoms with E-state index in [1.54, 1.807) is 18.0 Å². The Morgan fingerprint density at radius 1 is 1.60 bits per heavy atom. The van der Waals surface area contributed by atoms with E-state index in [9.17, 15) is 0 Å². The Morgan fingerprint density at radius 2 is 2.27 bits per heavy atom. The monoisotopic (exact) mass is 231 g/mol. The van der Waals surface area contributed by atoms with Crippen LogP contribution in [-0.2, 0) is 11.8 Å². The molecule has 2 N–H and O–H groups in total. The maximum atomic E-state index is 6.04. The Bertz CT molecular complexity index is 294. The molecule has 0 saturated heterocycles. The smallest absolute Gasteiger partial charge is 0.0833 e. The number of methoxy groups -OCH3 is 1. The highest BCUT2D eigenvalue weighted by atomic mass is 35.5. The van der Waals surface area contributed by atoms with Crippen molar-refractivity contribution in [2.75, 3.05) is 7.11 Å². The molecule has 0 spiro atoms. The predicted molar refractivity (Wildman–Crippen MR) is 60.9 cm³/mol. The van der Waals surface area contributed by atoms with Crippen LogP contribution in [0.3, 0.4) is 0 Å². The lowest BCUT2D eigenvalue weighted by molar-refractivity contribution is 0.107. The SMILES string of the molecule is COC(C)CCC(N)c1c(Cl)cnn1C. The van der Waals surface area contributed by atoms with Crippen LogP contribution < -0.4 is 5.73 Å². The second-order valence-corrected chi connectivity index (χ2v) is 4.14. The van der Waals surface area contributed by atoms with Crippen molar-refractivity contribution in [3.8, 4) is 0 Å². The standard InChI is InChI=1S/C10H18ClN3O/c1-7(15-3)4-5-9(12)10-8(11)6-13-14(10)2/h6-7,9H,4-5,12H2,1-3H3. The van der Waals surface area contributed by atoms with Gasteiger partial charge in [-0.2, -0.15) is 5.10 Å². The molecule has 1 aromatic rings. The van der Waals surface area contributed by atoms with Gasteiger partial charge in [-0.1, -0.05) is 11.6 Å². The molecule has 86 valence electrons. The number of halogens is 1. The first-order chi connectivity index (χ1) is 7.06. The van der Waals surface area contributed by atoms with E-state index in [1.807, 2.05) is 14.0 Å². The number of nitrogens with zero attached hydrogens (tertiary/aromatic N) is 2. The van der Waals surface area contributed by atoms with Gasteiger partial charge >= 0.3 is 0 Å². The molecule has 0 aliphatic carbocycles. The van der Waals surface area contributed by atoms with Gasteiger partial charge in [0.15, 0.2) is 0 Å². The van der Waals surface area contributed by atoms with Crippen LogP contribution in [0.4, 0.5) is 0 Å². The summed E-state index contributed by atoms with van der Waals surface area (Å²) in [5, 5.41) is 4.69. The van der Waals surface area contributed by atoms with Crippen LogP contribution in [0.15, 0.2) is 6.20 Å². The number of rotatable bonds is 5. The third-order valence-electron chi connectivity index (χ3n) is 2.58. The van der Waals surface area contributed by atoms with E-state index in [1.165, 1.54) is 0 Å². The summed E-state index contributed by atoms with van der Waals surface area (Å²) >= 11 is 5.99. The normalized spacial score (nSPS) is 15.3. The van der Waals surface area contributed by atoms with Crippen molar-refractivity contribution in [1.29, 1.82) is 0 Å². The number of ether oxygens (including phenoxy) is 1. The first-order valence-corrected chi connectivity index (χ1v) is 5.39. The van der Waals surface area contributed by atoms with E-state index in [0.29, 0.717) is 5.02 Å². The van der Waals surface area contributed by atoms with Gasteiger partial charge in [-0.25, -0.2) is 0 Å². The third kappa shape index (κ3) is 3.19. The highest BCUT2D eigenvalue weighted by Crippen LogP contribution is 2.24. The van der Waals surface area contributed by atoms with E-state index in [2.05, 4.69) is 5.10 Å². The van der Waals surface area contributed by atoms with Gasteiger partial charge in [0.1, 0.15) is 0 Å². The molecule has 0 bridgehead atoms. The highest BCUT2D eigenvalue weighted by Gasteiger charge is 2.15. The zero-order valence-corrected chi connectivity index (χ0v) is 10.2. The molecule has 0 radical (unpaired) electrons. The van der Waals surface area contributed by atoms with Gasteiger partial charge in [0, 0.05) is 20.2 Å². The largest absolute Gasteiger partial charge is 0.382 e. The van der Waals surface area contributed by atoms with Crippen LogP contribution in [0.1, 0.15) is 31.5 Å². The molecule has 0 aliphatic rings. The zero-order chi connectivity index (χ0) is 11.4. The molecule has 1 heterocycles. The fraction of sp³-hybridized carbons (Fsp3) is 0.700. The van der Waals surface area contributed by atoms with Gasteiger partial charge in [0.05, 0.1) is 23.0 Å². The Balaban J connectivity index is 2.57. The molecular formula is C10H18ClN3O. The van der Waals surface area contributed by atoms with Gasteiger partial charge < -0.3 is 10.5 Å². The molecule has 0 aliphatic heterocycles. The Kier molecular flexibility index (Phi) is 4.57. The minimum Gasteiger partial charge on any atom is -0.382 e. The van der Waals surface area contributed by atoms with Crippen LogP contribution in [0.2, 0.25) is 5.02 Å². The van der Waals surface area contributed by atoms with Crippen molar-refractivity contribution in [3.05, 3.63) is 16.9 Å². The lowest BCUT2D eigenvalue weighted by Gasteiger charge is -2.15. The van der Waals surface area contributed by atoms with Crippen molar-refractivity contribution >= 4 is 11.6 Å². The summed E-state index contributed by atoms with van der Waals surface area (Å²) in [4.78, 5) is 0. The Labute approximate surface area is 95.3 Å². The molecular weight excluding hydrogens is 214 g/mol. The molecule has 4 nitrogen and oxygen atoms in total. The van der Waals surface area contributed by atoms with E-state index in [4.69, 9.17) is 22.1 Å². The molecule has 0 aromatic carbocycles. The van der Waals surface area contributed by atoms with Crippen LogP contribution >= 0.6 is 11.6 Å². The summed E-state index contributed by atoms with van der Waals surface area (Å²) in [6.45, 7) is 2.03. The van der Waals surface area contributed by atoms with E-state index in [-0.39, 0.29) is 12.1 Å². The van der Waals surface area contributed by atoms with Crippen LogP contribution in [0.5, 0.6) is 0 Å². The van der Waals surface area contributed by atoms with Gasteiger partial charge in [-0.15, -0.1) is 0 Å². The molecule has 0 amide bonds. The van der Waals surface area contributed by atoms with Crippen molar-refractivity contribution in [2.45, 2.75) is 31.9 Å². The molecule has 15 heavy (non-hydrogen) atoms. The lowest BCUT2D eigenvalue weighted by atomic mass is 10.1. The van der Waals surface area contributed by atoms with Crippen LogP contribution in [-0.4, -0.2) is 23.0 Å². The average molecular weight is 232 g/mol. The molecule has 0 saturated carbocycles. The first kappa shape index (κ1) is 12.5. The van der Waals surface area contributed by atoms with E-state index >= 15 is 0 Å². The molecule has 1 rings (SSSR count). The number of hydrogen-bond donors (Lipinski definition) is 1. The zero-order valence-electron chi connectivity index (χ0n) is 9.40. The Hall–Kier alpha value is -0.580. The number of nitrogens with two attached hydrogens (primary N) is 1. The van der Waals surface area contributed by atoms with Crippen LogP contribution in [0, 0.1) is 0 Å². The van der Waals surface area contributed by atoms with Gasteiger partial charge in [-0.3, -0.25) is 4.68 Å². The summed E-state index contributed by atoms with van der Waals surface area (Å²) in [7, 11) is 3.55. The average Bonchev–Trinajstić information content (AvgIpc) is 2.54. The number of hydrogen-bond acceptors (Lipinski definition) is 3. The number of aryl methyl sites for hydroxylation is 1. The second kappa shape index (κ2) is 5.49. The van der Waals surface area contributed by atoms with Crippen molar-refractivity contribution in [3.63, 3.8) is 0 Å². The van der Waals surface area contributed by atoms with Gasteiger partial charge in [-0.05, 0) is 19.8 Å². The topological polar surface area (TPSA) is 53.1 Å².